The maximum absolute atomic E-state index is 11.3. The fourth-order valence-electron chi connectivity index (χ4n) is 2.60. The molecule has 108 valence electrons. The lowest BCUT2D eigenvalue weighted by Crippen LogP contribution is -1.99. The van der Waals surface area contributed by atoms with Crippen molar-refractivity contribution in [2.45, 2.75) is 0 Å². The number of nitrogens with one attached hydrogen (secondary N) is 2. The molecule has 0 radical (unpaired) electrons. The average molecular weight is 291 g/mol. The number of benzene rings is 2. The molecule has 0 aliphatic heterocycles. The third-order valence-electron chi connectivity index (χ3n) is 3.74. The van der Waals surface area contributed by atoms with E-state index in [0.717, 1.165) is 33.4 Å². The van der Waals surface area contributed by atoms with E-state index in [1.165, 1.54) is 0 Å². The third-order valence-corrected chi connectivity index (χ3v) is 3.74. The van der Waals surface area contributed by atoms with Crippen LogP contribution in [-0.4, -0.2) is 25.0 Å². The molecule has 2 aromatic heterocycles. The number of hydrogen-bond donors (Lipinski definition) is 2. The Morgan fingerprint density at radius 1 is 0.909 bits per heavy atom. The summed E-state index contributed by atoms with van der Waals surface area (Å²) in [7, 11) is 1.87. The SMILES string of the molecule is Cn1nncc1-c1ccc(-c2ccc3[nH]c(=O)[nH]c3c2)cc1. The molecule has 6 nitrogen and oxygen atoms in total. The van der Waals surface area contributed by atoms with E-state index in [2.05, 4.69) is 20.3 Å². The second-order valence-electron chi connectivity index (χ2n) is 5.16. The second-order valence-corrected chi connectivity index (χ2v) is 5.16. The van der Waals surface area contributed by atoms with Gasteiger partial charge >= 0.3 is 5.69 Å². The Bertz CT molecular complexity index is 1010. The Kier molecular flexibility index (Phi) is 2.69. The predicted octanol–water partition coefficient (Wildman–Crippen LogP) is 2.32. The highest BCUT2D eigenvalue weighted by Gasteiger charge is 2.05. The van der Waals surface area contributed by atoms with E-state index in [4.69, 9.17) is 0 Å². The van der Waals surface area contributed by atoms with Crippen molar-refractivity contribution in [3.05, 3.63) is 59.1 Å². The van der Waals surface area contributed by atoms with Gasteiger partial charge in [-0.25, -0.2) is 9.48 Å². The number of aromatic amines is 2. The molecule has 2 aromatic carbocycles. The van der Waals surface area contributed by atoms with Crippen LogP contribution in [0, 0.1) is 0 Å². The van der Waals surface area contributed by atoms with E-state index in [1.807, 2.05) is 49.5 Å². The van der Waals surface area contributed by atoms with Crippen molar-refractivity contribution in [2.75, 3.05) is 0 Å². The summed E-state index contributed by atoms with van der Waals surface area (Å²) >= 11 is 0. The number of fused-ring (bicyclic) bond motifs is 1. The number of imidazole rings is 1. The molecule has 0 spiro atoms. The fourth-order valence-corrected chi connectivity index (χ4v) is 2.60. The molecule has 0 aliphatic carbocycles. The van der Waals surface area contributed by atoms with Gasteiger partial charge in [0, 0.05) is 12.6 Å². The van der Waals surface area contributed by atoms with Gasteiger partial charge in [-0.2, -0.15) is 0 Å². The summed E-state index contributed by atoms with van der Waals surface area (Å²) in [6, 6.07) is 14.0. The largest absolute Gasteiger partial charge is 0.323 e. The Balaban J connectivity index is 1.75. The van der Waals surface area contributed by atoms with Crippen molar-refractivity contribution in [1.29, 1.82) is 0 Å². The summed E-state index contributed by atoms with van der Waals surface area (Å²) in [4.78, 5) is 16.8. The first kappa shape index (κ1) is 12.6. The van der Waals surface area contributed by atoms with Gasteiger partial charge in [0.2, 0.25) is 0 Å². The molecule has 2 heterocycles. The minimum Gasteiger partial charge on any atom is -0.306 e. The maximum Gasteiger partial charge on any atom is 0.323 e. The lowest BCUT2D eigenvalue weighted by Gasteiger charge is -2.05. The first-order valence-corrected chi connectivity index (χ1v) is 6.88. The van der Waals surface area contributed by atoms with E-state index in [-0.39, 0.29) is 5.69 Å². The highest BCUT2D eigenvalue weighted by atomic mass is 16.1. The monoisotopic (exact) mass is 291 g/mol. The Hall–Kier alpha value is -3.15. The van der Waals surface area contributed by atoms with Gasteiger partial charge in [0.15, 0.2) is 0 Å². The van der Waals surface area contributed by atoms with Crippen LogP contribution in [0.15, 0.2) is 53.5 Å². The third kappa shape index (κ3) is 2.01. The van der Waals surface area contributed by atoms with Crippen molar-refractivity contribution in [2.24, 2.45) is 7.05 Å². The second kappa shape index (κ2) is 4.70. The number of H-pyrrole nitrogens is 2. The quantitative estimate of drug-likeness (QED) is 0.595. The average Bonchev–Trinajstić information content (AvgIpc) is 3.11. The summed E-state index contributed by atoms with van der Waals surface area (Å²) < 4.78 is 1.74. The molecule has 0 saturated heterocycles. The molecule has 6 heteroatoms. The van der Waals surface area contributed by atoms with E-state index in [0.29, 0.717) is 0 Å². The van der Waals surface area contributed by atoms with E-state index >= 15 is 0 Å². The Morgan fingerprint density at radius 2 is 1.59 bits per heavy atom. The molecule has 0 atom stereocenters. The van der Waals surface area contributed by atoms with Crippen molar-refractivity contribution in [1.82, 2.24) is 25.0 Å². The van der Waals surface area contributed by atoms with Crippen LogP contribution in [0.25, 0.3) is 33.4 Å². The molecule has 0 aliphatic rings. The first-order valence-electron chi connectivity index (χ1n) is 6.88. The van der Waals surface area contributed by atoms with Crippen LogP contribution in [0.2, 0.25) is 0 Å². The van der Waals surface area contributed by atoms with Crippen molar-refractivity contribution < 1.29 is 0 Å². The predicted molar refractivity (Wildman–Crippen MR) is 84.4 cm³/mol. The van der Waals surface area contributed by atoms with Crippen molar-refractivity contribution >= 4 is 11.0 Å². The van der Waals surface area contributed by atoms with Crippen LogP contribution >= 0.6 is 0 Å². The lowest BCUT2D eigenvalue weighted by molar-refractivity contribution is 0.720. The topological polar surface area (TPSA) is 79.4 Å². The number of aryl methyl sites for hydroxylation is 1. The zero-order chi connectivity index (χ0) is 15.1. The zero-order valence-corrected chi connectivity index (χ0v) is 11.9. The zero-order valence-electron chi connectivity index (χ0n) is 11.9. The van der Waals surface area contributed by atoms with E-state index < -0.39 is 0 Å². The number of nitrogens with zero attached hydrogens (tertiary/aromatic N) is 3. The smallest absolute Gasteiger partial charge is 0.306 e. The number of aromatic nitrogens is 5. The lowest BCUT2D eigenvalue weighted by atomic mass is 10.0. The fraction of sp³-hybridized carbons (Fsp3) is 0.0625. The summed E-state index contributed by atoms with van der Waals surface area (Å²) in [6.07, 6.45) is 1.74. The summed E-state index contributed by atoms with van der Waals surface area (Å²) in [5.41, 5.74) is 5.60. The van der Waals surface area contributed by atoms with Crippen LogP contribution in [0.3, 0.4) is 0 Å². The molecule has 2 N–H and O–H groups in total. The van der Waals surface area contributed by atoms with Crippen LogP contribution in [0.5, 0.6) is 0 Å². The van der Waals surface area contributed by atoms with E-state index in [1.54, 1.807) is 10.9 Å². The molecule has 4 rings (SSSR count). The minimum atomic E-state index is -0.189. The molecule has 22 heavy (non-hydrogen) atoms. The summed E-state index contributed by atoms with van der Waals surface area (Å²) in [5.74, 6) is 0. The summed E-state index contributed by atoms with van der Waals surface area (Å²) in [5, 5.41) is 7.83. The number of hydrogen-bond acceptors (Lipinski definition) is 3. The molecule has 4 aromatic rings. The van der Waals surface area contributed by atoms with Gasteiger partial charge in [-0.3, -0.25) is 0 Å². The van der Waals surface area contributed by atoms with Crippen LogP contribution in [0.4, 0.5) is 0 Å². The Morgan fingerprint density at radius 3 is 2.32 bits per heavy atom. The van der Waals surface area contributed by atoms with Gasteiger partial charge in [0.1, 0.15) is 0 Å². The highest BCUT2D eigenvalue weighted by molar-refractivity contribution is 5.82. The Labute approximate surface area is 125 Å². The van der Waals surface area contributed by atoms with Gasteiger partial charge < -0.3 is 9.97 Å². The van der Waals surface area contributed by atoms with Crippen molar-refractivity contribution in [3.8, 4) is 22.4 Å². The van der Waals surface area contributed by atoms with E-state index in [9.17, 15) is 4.79 Å². The van der Waals surface area contributed by atoms with Crippen molar-refractivity contribution in [3.63, 3.8) is 0 Å². The number of rotatable bonds is 2. The van der Waals surface area contributed by atoms with Crippen LogP contribution < -0.4 is 5.69 Å². The maximum atomic E-state index is 11.3. The van der Waals surface area contributed by atoms with Gasteiger partial charge in [-0.05, 0) is 23.3 Å². The van der Waals surface area contributed by atoms with Gasteiger partial charge in [-0.1, -0.05) is 35.5 Å². The molecule has 0 amide bonds. The van der Waals surface area contributed by atoms with Gasteiger partial charge in [0.25, 0.3) is 0 Å². The molecule has 0 bridgehead atoms. The molecule has 0 unspecified atom stereocenters. The molecule has 0 fully saturated rings. The molecule has 0 saturated carbocycles. The highest BCUT2D eigenvalue weighted by Crippen LogP contribution is 2.25. The van der Waals surface area contributed by atoms with Gasteiger partial charge in [-0.15, -0.1) is 5.10 Å². The standard InChI is InChI=1S/C16H13N5O/c1-21-15(9-17-20-21)11-4-2-10(3-5-11)12-6-7-13-14(8-12)19-16(22)18-13/h2-9H,1H3,(H2,18,19,22). The normalized spacial score (nSPS) is 11.1. The molecular weight excluding hydrogens is 278 g/mol. The molecular formula is C16H13N5O. The first-order chi connectivity index (χ1) is 10.7. The summed E-state index contributed by atoms with van der Waals surface area (Å²) in [6.45, 7) is 0. The van der Waals surface area contributed by atoms with Crippen LogP contribution in [0.1, 0.15) is 0 Å². The van der Waals surface area contributed by atoms with Gasteiger partial charge in [0.05, 0.1) is 22.9 Å². The van der Waals surface area contributed by atoms with Crippen LogP contribution in [-0.2, 0) is 7.05 Å². The minimum absolute atomic E-state index is 0.189.